The predicted octanol–water partition coefficient (Wildman–Crippen LogP) is 3.69. The van der Waals surface area contributed by atoms with E-state index < -0.39 is 0 Å². The number of nitrogens with one attached hydrogen (secondary N) is 1. The zero-order chi connectivity index (χ0) is 15.2. The monoisotopic (exact) mass is 280 g/mol. The van der Waals surface area contributed by atoms with Gasteiger partial charge in [0.25, 0.3) is 0 Å². The Kier molecular flexibility index (Phi) is 2.90. The number of nitrogen functional groups attached to an aromatic ring is 2. The van der Waals surface area contributed by atoms with E-state index in [-0.39, 0.29) is 5.41 Å². The van der Waals surface area contributed by atoms with E-state index in [1.807, 2.05) is 24.3 Å². The quantitative estimate of drug-likeness (QED) is 0.595. The Morgan fingerprint density at radius 2 is 1.86 bits per heavy atom. The zero-order valence-electron chi connectivity index (χ0n) is 12.6. The molecule has 3 rings (SSSR count). The second-order valence-corrected chi connectivity index (χ2v) is 6.38. The molecule has 0 aliphatic rings. The zero-order valence-corrected chi connectivity index (χ0v) is 12.6. The third-order valence-corrected chi connectivity index (χ3v) is 3.83. The number of anilines is 2. The summed E-state index contributed by atoms with van der Waals surface area (Å²) in [5, 5.41) is 9.06. The SMILES string of the molecule is CC(C)(C)c1cc(-c2ccn[nH]2)c2cccc(N)c2c1N. The summed E-state index contributed by atoms with van der Waals surface area (Å²) >= 11 is 0. The molecule has 5 N–H and O–H groups in total. The molecular formula is C17H20N4. The number of benzene rings is 2. The summed E-state index contributed by atoms with van der Waals surface area (Å²) in [6.45, 7) is 6.46. The van der Waals surface area contributed by atoms with Crippen LogP contribution in [0.5, 0.6) is 0 Å². The normalized spacial score (nSPS) is 12.0. The molecule has 0 aliphatic heterocycles. The average Bonchev–Trinajstić information content (AvgIpc) is 2.91. The molecular weight excluding hydrogens is 260 g/mol. The summed E-state index contributed by atoms with van der Waals surface area (Å²) in [5.41, 5.74) is 17.2. The molecule has 2 aromatic carbocycles. The largest absolute Gasteiger partial charge is 0.398 e. The molecule has 0 unspecified atom stereocenters. The maximum atomic E-state index is 6.42. The van der Waals surface area contributed by atoms with Crippen LogP contribution < -0.4 is 11.5 Å². The fraction of sp³-hybridized carbons (Fsp3) is 0.235. The van der Waals surface area contributed by atoms with E-state index in [0.717, 1.165) is 33.3 Å². The Hall–Kier alpha value is -2.49. The van der Waals surface area contributed by atoms with Gasteiger partial charge in [0.05, 0.1) is 5.69 Å². The molecule has 1 heterocycles. The van der Waals surface area contributed by atoms with Crippen LogP contribution in [0.3, 0.4) is 0 Å². The van der Waals surface area contributed by atoms with Gasteiger partial charge in [-0.15, -0.1) is 0 Å². The molecule has 0 radical (unpaired) electrons. The molecule has 21 heavy (non-hydrogen) atoms. The lowest BCUT2D eigenvalue weighted by Crippen LogP contribution is -2.15. The molecule has 0 saturated carbocycles. The van der Waals surface area contributed by atoms with E-state index >= 15 is 0 Å². The first-order valence-corrected chi connectivity index (χ1v) is 7.00. The highest BCUT2D eigenvalue weighted by Gasteiger charge is 2.22. The van der Waals surface area contributed by atoms with Crippen LogP contribution in [-0.2, 0) is 5.41 Å². The molecule has 0 fully saturated rings. The van der Waals surface area contributed by atoms with Crippen LogP contribution in [0.15, 0.2) is 36.5 Å². The van der Waals surface area contributed by atoms with Crippen LogP contribution in [0.2, 0.25) is 0 Å². The number of rotatable bonds is 1. The van der Waals surface area contributed by atoms with Gasteiger partial charge < -0.3 is 11.5 Å². The standard InChI is InChI=1S/C17H20N4/c1-17(2,3)12-9-11(14-7-8-20-21-14)10-5-4-6-13(18)15(10)16(12)19/h4-9H,18-19H2,1-3H3,(H,20,21). The fourth-order valence-electron chi connectivity index (χ4n) is 2.78. The molecule has 0 saturated heterocycles. The number of H-pyrrole nitrogens is 1. The van der Waals surface area contributed by atoms with E-state index in [0.29, 0.717) is 5.69 Å². The van der Waals surface area contributed by atoms with Gasteiger partial charge >= 0.3 is 0 Å². The topological polar surface area (TPSA) is 80.7 Å². The van der Waals surface area contributed by atoms with Crippen molar-refractivity contribution < 1.29 is 0 Å². The minimum Gasteiger partial charge on any atom is -0.398 e. The third-order valence-electron chi connectivity index (χ3n) is 3.83. The van der Waals surface area contributed by atoms with Gasteiger partial charge in [0.2, 0.25) is 0 Å². The van der Waals surface area contributed by atoms with Gasteiger partial charge in [-0.25, -0.2) is 0 Å². The van der Waals surface area contributed by atoms with Crippen LogP contribution in [0.25, 0.3) is 22.0 Å². The number of fused-ring (bicyclic) bond motifs is 1. The van der Waals surface area contributed by atoms with Crippen molar-refractivity contribution in [3.05, 3.63) is 42.1 Å². The summed E-state index contributed by atoms with van der Waals surface area (Å²) in [6, 6.07) is 9.99. The number of aromatic nitrogens is 2. The van der Waals surface area contributed by atoms with Gasteiger partial charge in [0.15, 0.2) is 0 Å². The van der Waals surface area contributed by atoms with Crippen molar-refractivity contribution in [2.24, 2.45) is 0 Å². The van der Waals surface area contributed by atoms with Gasteiger partial charge in [-0.3, -0.25) is 5.10 Å². The van der Waals surface area contributed by atoms with E-state index in [2.05, 4.69) is 37.0 Å². The van der Waals surface area contributed by atoms with Gasteiger partial charge in [-0.05, 0) is 34.6 Å². The highest BCUT2D eigenvalue weighted by atomic mass is 15.1. The lowest BCUT2D eigenvalue weighted by Gasteiger charge is -2.24. The Labute approximate surface area is 124 Å². The molecule has 0 aliphatic carbocycles. The van der Waals surface area contributed by atoms with Crippen molar-refractivity contribution in [2.75, 3.05) is 11.5 Å². The fourth-order valence-corrected chi connectivity index (χ4v) is 2.78. The number of nitrogens with two attached hydrogens (primary N) is 2. The molecule has 0 bridgehead atoms. The van der Waals surface area contributed by atoms with Gasteiger partial charge in [0.1, 0.15) is 0 Å². The molecule has 0 amide bonds. The molecule has 1 aromatic heterocycles. The number of hydrogen-bond donors (Lipinski definition) is 3. The lowest BCUT2D eigenvalue weighted by atomic mass is 9.82. The second-order valence-electron chi connectivity index (χ2n) is 6.38. The minimum absolute atomic E-state index is 0.0602. The molecule has 108 valence electrons. The lowest BCUT2D eigenvalue weighted by molar-refractivity contribution is 0.593. The summed E-state index contributed by atoms with van der Waals surface area (Å²) in [5.74, 6) is 0. The Morgan fingerprint density at radius 3 is 2.48 bits per heavy atom. The molecule has 4 heteroatoms. The summed E-state index contributed by atoms with van der Waals surface area (Å²) in [6.07, 6.45) is 1.75. The van der Waals surface area contributed by atoms with E-state index in [1.54, 1.807) is 6.20 Å². The van der Waals surface area contributed by atoms with Crippen molar-refractivity contribution in [1.82, 2.24) is 10.2 Å². The Balaban J connectivity index is 2.48. The first kappa shape index (κ1) is 13.5. The Bertz CT molecular complexity index is 796. The highest BCUT2D eigenvalue weighted by molar-refractivity contribution is 6.09. The van der Waals surface area contributed by atoms with Crippen molar-refractivity contribution in [3.8, 4) is 11.3 Å². The molecule has 0 atom stereocenters. The van der Waals surface area contributed by atoms with E-state index in [4.69, 9.17) is 11.5 Å². The van der Waals surface area contributed by atoms with Gasteiger partial charge in [-0.2, -0.15) is 5.10 Å². The van der Waals surface area contributed by atoms with Crippen LogP contribution in [0, 0.1) is 0 Å². The first-order valence-electron chi connectivity index (χ1n) is 7.00. The van der Waals surface area contributed by atoms with Crippen LogP contribution in [0.1, 0.15) is 26.3 Å². The van der Waals surface area contributed by atoms with E-state index in [1.165, 1.54) is 0 Å². The Morgan fingerprint density at radius 1 is 1.10 bits per heavy atom. The van der Waals surface area contributed by atoms with Crippen LogP contribution >= 0.6 is 0 Å². The molecule has 3 aromatic rings. The first-order chi connectivity index (χ1) is 9.89. The molecule has 4 nitrogen and oxygen atoms in total. The maximum absolute atomic E-state index is 6.42. The maximum Gasteiger partial charge on any atom is 0.0656 e. The van der Waals surface area contributed by atoms with Gasteiger partial charge in [0, 0.05) is 28.5 Å². The van der Waals surface area contributed by atoms with Crippen LogP contribution in [-0.4, -0.2) is 10.2 Å². The van der Waals surface area contributed by atoms with Crippen LogP contribution in [0.4, 0.5) is 11.4 Å². The van der Waals surface area contributed by atoms with E-state index in [9.17, 15) is 0 Å². The summed E-state index contributed by atoms with van der Waals surface area (Å²) < 4.78 is 0. The third kappa shape index (κ3) is 2.13. The number of hydrogen-bond acceptors (Lipinski definition) is 3. The van der Waals surface area contributed by atoms with Crippen molar-refractivity contribution >= 4 is 22.1 Å². The van der Waals surface area contributed by atoms with Crippen molar-refractivity contribution in [1.29, 1.82) is 0 Å². The van der Waals surface area contributed by atoms with Gasteiger partial charge in [-0.1, -0.05) is 32.9 Å². The summed E-state index contributed by atoms with van der Waals surface area (Å²) in [4.78, 5) is 0. The van der Waals surface area contributed by atoms with Crippen molar-refractivity contribution in [3.63, 3.8) is 0 Å². The minimum atomic E-state index is -0.0602. The predicted molar refractivity (Wildman–Crippen MR) is 89.1 cm³/mol. The summed E-state index contributed by atoms with van der Waals surface area (Å²) in [7, 11) is 0. The number of nitrogens with zero attached hydrogens (tertiary/aromatic N) is 1. The smallest absolute Gasteiger partial charge is 0.0656 e. The van der Waals surface area contributed by atoms with Crippen molar-refractivity contribution in [2.45, 2.75) is 26.2 Å². The molecule has 0 spiro atoms. The average molecular weight is 280 g/mol. The number of aromatic amines is 1. The highest BCUT2D eigenvalue weighted by Crippen LogP contribution is 2.41. The second kappa shape index (κ2) is 4.52.